The summed E-state index contributed by atoms with van der Waals surface area (Å²) in [5.41, 5.74) is 1.27. The summed E-state index contributed by atoms with van der Waals surface area (Å²) in [5.74, 6) is 0.0584. The molecule has 2 nitrogen and oxygen atoms in total. The van der Waals surface area contributed by atoms with E-state index in [1.54, 1.807) is 6.07 Å². The first-order chi connectivity index (χ1) is 7.70. The highest BCUT2D eigenvalue weighted by Crippen LogP contribution is 2.28. The lowest BCUT2D eigenvalue weighted by Gasteiger charge is -2.29. The Balaban J connectivity index is 2.18. The van der Waals surface area contributed by atoms with Gasteiger partial charge < -0.3 is 4.90 Å². The van der Waals surface area contributed by atoms with Crippen LogP contribution < -0.4 is 0 Å². The highest BCUT2D eigenvalue weighted by atomic mass is 19.1. The zero-order chi connectivity index (χ0) is 11.5. The van der Waals surface area contributed by atoms with Crippen molar-refractivity contribution in [3.8, 4) is 6.07 Å². The lowest BCUT2D eigenvalue weighted by atomic mass is 9.89. The Kier molecular flexibility index (Phi) is 3.21. The minimum atomic E-state index is -0.417. The van der Waals surface area contributed by atoms with Crippen LogP contribution in [0.25, 0.3) is 0 Å². The average Bonchev–Trinajstić information content (AvgIpc) is 2.31. The number of hydrogen-bond donors (Lipinski definition) is 0. The molecule has 0 aromatic heterocycles. The molecule has 16 heavy (non-hydrogen) atoms. The van der Waals surface area contributed by atoms with Crippen LogP contribution in [0.15, 0.2) is 18.2 Å². The van der Waals surface area contributed by atoms with Crippen LogP contribution in [-0.2, 0) is 0 Å². The highest BCUT2D eigenvalue weighted by molar-refractivity contribution is 5.36. The van der Waals surface area contributed by atoms with Crippen LogP contribution in [0.1, 0.15) is 29.9 Å². The maximum atomic E-state index is 13.2. The maximum Gasteiger partial charge on any atom is 0.140 e. The number of piperidine rings is 1. The summed E-state index contributed by atoms with van der Waals surface area (Å²) in [4.78, 5) is 2.30. The fraction of sp³-hybridized carbons (Fsp3) is 0.462. The first kappa shape index (κ1) is 11.1. The molecule has 1 saturated heterocycles. The van der Waals surface area contributed by atoms with E-state index in [0.29, 0.717) is 5.92 Å². The second-order valence-corrected chi connectivity index (χ2v) is 4.43. The molecule has 1 aromatic carbocycles. The number of nitrogens with zero attached hydrogens (tertiary/aromatic N) is 2. The summed E-state index contributed by atoms with van der Waals surface area (Å²) in [6.07, 6.45) is 2.18. The second kappa shape index (κ2) is 4.63. The molecule has 3 heteroatoms. The van der Waals surface area contributed by atoms with Crippen LogP contribution >= 0.6 is 0 Å². The summed E-state index contributed by atoms with van der Waals surface area (Å²) < 4.78 is 13.2. The number of halogens is 1. The zero-order valence-corrected chi connectivity index (χ0v) is 9.41. The molecule has 84 valence electrons. The number of likely N-dealkylation sites (tertiary alicyclic amines) is 1. The van der Waals surface area contributed by atoms with Gasteiger partial charge in [-0.05, 0) is 56.6 Å². The minimum absolute atomic E-state index is 0.163. The Morgan fingerprint density at radius 1 is 1.38 bits per heavy atom. The Bertz CT molecular complexity index is 414. The Morgan fingerprint density at radius 2 is 2.06 bits per heavy atom. The maximum absolute atomic E-state index is 13.2. The molecule has 0 amide bonds. The van der Waals surface area contributed by atoms with Crippen molar-refractivity contribution in [1.29, 1.82) is 5.26 Å². The van der Waals surface area contributed by atoms with Gasteiger partial charge in [0.1, 0.15) is 11.9 Å². The summed E-state index contributed by atoms with van der Waals surface area (Å²) >= 11 is 0. The van der Waals surface area contributed by atoms with Crippen LogP contribution in [0.5, 0.6) is 0 Å². The van der Waals surface area contributed by atoms with E-state index in [9.17, 15) is 4.39 Å². The SMILES string of the molecule is CN1CCC(c2ccc(F)c(C#N)c2)CC1. The molecule has 1 aromatic rings. The van der Waals surface area contributed by atoms with Crippen LogP contribution in [-0.4, -0.2) is 25.0 Å². The van der Waals surface area contributed by atoms with E-state index >= 15 is 0 Å². The molecule has 1 heterocycles. The van der Waals surface area contributed by atoms with E-state index in [4.69, 9.17) is 5.26 Å². The fourth-order valence-corrected chi connectivity index (χ4v) is 2.22. The molecule has 2 rings (SSSR count). The number of rotatable bonds is 1. The van der Waals surface area contributed by atoms with Gasteiger partial charge >= 0.3 is 0 Å². The van der Waals surface area contributed by atoms with Crippen molar-refractivity contribution in [1.82, 2.24) is 4.90 Å². The van der Waals surface area contributed by atoms with E-state index in [1.807, 2.05) is 12.1 Å². The molecule has 1 aliphatic heterocycles. The van der Waals surface area contributed by atoms with Crippen molar-refractivity contribution in [3.05, 3.63) is 35.1 Å². The Hall–Kier alpha value is -1.40. The van der Waals surface area contributed by atoms with Crippen LogP contribution in [0, 0.1) is 17.1 Å². The van der Waals surface area contributed by atoms with E-state index in [1.165, 1.54) is 6.07 Å². The Labute approximate surface area is 95.3 Å². The third kappa shape index (κ3) is 2.23. The van der Waals surface area contributed by atoms with Crippen LogP contribution in [0.3, 0.4) is 0 Å². The Morgan fingerprint density at radius 3 is 2.69 bits per heavy atom. The first-order valence-corrected chi connectivity index (χ1v) is 5.59. The summed E-state index contributed by atoms with van der Waals surface area (Å²) in [7, 11) is 2.11. The summed E-state index contributed by atoms with van der Waals surface area (Å²) in [6, 6.07) is 6.82. The van der Waals surface area contributed by atoms with Crippen molar-refractivity contribution in [2.45, 2.75) is 18.8 Å². The predicted octanol–water partition coefficient (Wildman–Crippen LogP) is 2.51. The van der Waals surface area contributed by atoms with E-state index in [-0.39, 0.29) is 5.56 Å². The molecule has 0 spiro atoms. The zero-order valence-electron chi connectivity index (χ0n) is 9.41. The quantitative estimate of drug-likeness (QED) is 0.724. The molecule has 0 bridgehead atoms. The van der Waals surface area contributed by atoms with Crippen molar-refractivity contribution in [2.24, 2.45) is 0 Å². The van der Waals surface area contributed by atoms with Crippen molar-refractivity contribution >= 4 is 0 Å². The molecular weight excluding hydrogens is 203 g/mol. The standard InChI is InChI=1S/C13H15FN2/c1-16-6-4-10(5-7-16)11-2-3-13(14)12(8-11)9-15/h2-3,8,10H,4-7H2,1H3. The lowest BCUT2D eigenvalue weighted by Crippen LogP contribution is -2.29. The average molecular weight is 218 g/mol. The van der Waals surface area contributed by atoms with E-state index < -0.39 is 5.82 Å². The second-order valence-electron chi connectivity index (χ2n) is 4.43. The van der Waals surface area contributed by atoms with Crippen molar-refractivity contribution in [3.63, 3.8) is 0 Å². The van der Waals surface area contributed by atoms with Crippen molar-refractivity contribution < 1.29 is 4.39 Å². The molecule has 0 N–H and O–H groups in total. The molecule has 0 radical (unpaired) electrons. The van der Waals surface area contributed by atoms with Gasteiger partial charge in [-0.3, -0.25) is 0 Å². The van der Waals surface area contributed by atoms with Gasteiger partial charge in [-0.1, -0.05) is 6.07 Å². The van der Waals surface area contributed by atoms with E-state index in [0.717, 1.165) is 31.5 Å². The topological polar surface area (TPSA) is 27.0 Å². The lowest BCUT2D eigenvalue weighted by molar-refractivity contribution is 0.255. The summed E-state index contributed by atoms with van der Waals surface area (Å²) in [6.45, 7) is 2.15. The van der Waals surface area contributed by atoms with Crippen molar-refractivity contribution in [2.75, 3.05) is 20.1 Å². The van der Waals surface area contributed by atoms with Gasteiger partial charge in [0.25, 0.3) is 0 Å². The molecule has 0 unspecified atom stereocenters. The third-order valence-corrected chi connectivity index (χ3v) is 3.30. The van der Waals surface area contributed by atoms with Gasteiger partial charge in [0.15, 0.2) is 0 Å². The molecular formula is C13H15FN2. The summed E-state index contributed by atoms with van der Waals surface area (Å²) in [5, 5.41) is 8.79. The van der Waals surface area contributed by atoms with Crippen LogP contribution in [0.4, 0.5) is 4.39 Å². The molecule has 0 aliphatic carbocycles. The number of nitriles is 1. The van der Waals surface area contributed by atoms with E-state index in [2.05, 4.69) is 11.9 Å². The van der Waals surface area contributed by atoms with Gasteiger partial charge in [-0.25, -0.2) is 4.39 Å². The van der Waals surface area contributed by atoms with Gasteiger partial charge in [0, 0.05) is 0 Å². The van der Waals surface area contributed by atoms with Gasteiger partial charge in [-0.2, -0.15) is 5.26 Å². The first-order valence-electron chi connectivity index (χ1n) is 5.59. The third-order valence-electron chi connectivity index (χ3n) is 3.30. The predicted molar refractivity (Wildman–Crippen MR) is 60.6 cm³/mol. The normalized spacial score (nSPS) is 18.3. The fourth-order valence-electron chi connectivity index (χ4n) is 2.22. The minimum Gasteiger partial charge on any atom is -0.306 e. The van der Waals surface area contributed by atoms with Crippen LogP contribution in [0.2, 0.25) is 0 Å². The van der Waals surface area contributed by atoms with Gasteiger partial charge in [0.05, 0.1) is 5.56 Å². The number of hydrogen-bond acceptors (Lipinski definition) is 2. The molecule has 1 fully saturated rings. The smallest absolute Gasteiger partial charge is 0.140 e. The molecule has 0 saturated carbocycles. The number of benzene rings is 1. The monoisotopic (exact) mass is 218 g/mol. The van der Waals surface area contributed by atoms with Gasteiger partial charge in [-0.15, -0.1) is 0 Å². The van der Waals surface area contributed by atoms with Gasteiger partial charge in [0.2, 0.25) is 0 Å². The highest BCUT2D eigenvalue weighted by Gasteiger charge is 2.19. The largest absolute Gasteiger partial charge is 0.306 e. The molecule has 0 atom stereocenters. The molecule has 1 aliphatic rings.